The summed E-state index contributed by atoms with van der Waals surface area (Å²) < 4.78 is 26.7. The van der Waals surface area contributed by atoms with Crippen molar-refractivity contribution in [2.75, 3.05) is 5.88 Å². The van der Waals surface area contributed by atoms with Gasteiger partial charge in [-0.15, -0.1) is 11.6 Å². The van der Waals surface area contributed by atoms with Gasteiger partial charge in [-0.1, -0.05) is 32.4 Å². The molecule has 0 saturated carbocycles. The fourth-order valence-electron chi connectivity index (χ4n) is 1.64. The van der Waals surface area contributed by atoms with Crippen LogP contribution in [-0.4, -0.2) is 20.3 Å². The van der Waals surface area contributed by atoms with Crippen LogP contribution in [0.3, 0.4) is 0 Å². The summed E-state index contributed by atoms with van der Waals surface area (Å²) in [4.78, 5) is 0.297. The van der Waals surface area contributed by atoms with Crippen LogP contribution < -0.4 is 4.72 Å². The summed E-state index contributed by atoms with van der Waals surface area (Å²) in [7, 11) is -3.45. The molecule has 0 amide bonds. The predicted molar refractivity (Wildman–Crippen MR) is 75.6 cm³/mol. The van der Waals surface area contributed by atoms with Gasteiger partial charge >= 0.3 is 0 Å². The van der Waals surface area contributed by atoms with Gasteiger partial charge in [0.15, 0.2) is 0 Å². The van der Waals surface area contributed by atoms with Crippen molar-refractivity contribution in [3.8, 4) is 0 Å². The number of aryl methyl sites for hydroxylation is 1. The Kier molecular flexibility index (Phi) is 6.12. The van der Waals surface area contributed by atoms with Crippen LogP contribution in [0.25, 0.3) is 0 Å². The average molecular weight is 290 g/mol. The van der Waals surface area contributed by atoms with Gasteiger partial charge in [-0.25, -0.2) is 13.1 Å². The predicted octanol–water partition coefficient (Wildman–Crippen LogP) is 2.93. The van der Waals surface area contributed by atoms with Crippen LogP contribution in [0.4, 0.5) is 0 Å². The highest BCUT2D eigenvalue weighted by Crippen LogP contribution is 2.13. The minimum Gasteiger partial charge on any atom is -0.207 e. The lowest BCUT2D eigenvalue weighted by atomic mass is 10.1. The molecular weight excluding hydrogens is 270 g/mol. The molecule has 0 spiro atoms. The second-order valence-corrected chi connectivity index (χ2v) is 6.30. The largest absolute Gasteiger partial charge is 0.240 e. The Morgan fingerprint density at radius 3 is 2.28 bits per heavy atom. The zero-order valence-corrected chi connectivity index (χ0v) is 12.4. The van der Waals surface area contributed by atoms with Gasteiger partial charge in [0.05, 0.1) is 4.90 Å². The highest BCUT2D eigenvalue weighted by atomic mass is 35.5. The number of hydrogen-bond donors (Lipinski definition) is 1. The fraction of sp³-hybridized carbons (Fsp3) is 0.538. The molecule has 0 heterocycles. The molecule has 0 radical (unpaired) electrons. The van der Waals surface area contributed by atoms with Crippen molar-refractivity contribution in [2.45, 2.75) is 44.0 Å². The van der Waals surface area contributed by atoms with Crippen LogP contribution in [0.2, 0.25) is 0 Å². The number of rotatable bonds is 7. The number of alkyl halides is 1. The Hall–Kier alpha value is -0.580. The Morgan fingerprint density at radius 2 is 1.83 bits per heavy atom. The van der Waals surface area contributed by atoms with Crippen molar-refractivity contribution in [1.82, 2.24) is 4.72 Å². The summed E-state index contributed by atoms with van der Waals surface area (Å²) in [6.07, 6.45) is 2.69. The van der Waals surface area contributed by atoms with E-state index in [2.05, 4.69) is 11.6 Å². The molecule has 0 bridgehead atoms. The number of hydrogen-bond acceptors (Lipinski definition) is 2. The maximum Gasteiger partial charge on any atom is 0.240 e. The number of nitrogens with one attached hydrogen (secondary N) is 1. The first-order chi connectivity index (χ1) is 8.53. The molecule has 1 rings (SSSR count). The minimum absolute atomic E-state index is 0.216. The van der Waals surface area contributed by atoms with Gasteiger partial charge in [0, 0.05) is 11.9 Å². The zero-order valence-electron chi connectivity index (χ0n) is 10.8. The molecule has 1 aromatic rings. The van der Waals surface area contributed by atoms with Crippen LogP contribution in [0.1, 0.15) is 32.3 Å². The Labute approximate surface area is 115 Å². The summed E-state index contributed by atoms with van der Waals surface area (Å²) in [6.45, 7) is 4.00. The van der Waals surface area contributed by atoms with E-state index in [-0.39, 0.29) is 11.9 Å². The van der Waals surface area contributed by atoms with Crippen LogP contribution in [0.15, 0.2) is 29.2 Å². The lowest BCUT2D eigenvalue weighted by molar-refractivity contribution is 0.557. The second kappa shape index (κ2) is 7.12. The monoisotopic (exact) mass is 289 g/mol. The Morgan fingerprint density at radius 1 is 1.22 bits per heavy atom. The molecule has 102 valence electrons. The summed E-state index contributed by atoms with van der Waals surface area (Å²) in [6, 6.07) is 6.80. The van der Waals surface area contributed by atoms with Gasteiger partial charge in [-0.05, 0) is 30.5 Å². The summed E-state index contributed by atoms with van der Waals surface area (Å²) >= 11 is 5.70. The molecule has 0 aliphatic heterocycles. The lowest BCUT2D eigenvalue weighted by Gasteiger charge is -2.14. The van der Waals surface area contributed by atoms with E-state index in [0.29, 0.717) is 11.3 Å². The molecule has 1 aromatic carbocycles. The van der Waals surface area contributed by atoms with Crippen LogP contribution in [-0.2, 0) is 16.4 Å². The Balaban J connectivity index is 2.84. The van der Waals surface area contributed by atoms with Crippen LogP contribution >= 0.6 is 11.6 Å². The van der Waals surface area contributed by atoms with E-state index in [1.165, 1.54) is 0 Å². The number of benzene rings is 1. The van der Waals surface area contributed by atoms with E-state index < -0.39 is 10.0 Å². The SMILES string of the molecule is CCCc1ccc(S(=O)(=O)NC(CC)CCl)cc1. The van der Waals surface area contributed by atoms with Gasteiger partial charge < -0.3 is 0 Å². The molecule has 1 atom stereocenters. The minimum atomic E-state index is -3.45. The van der Waals surface area contributed by atoms with Crippen molar-refractivity contribution in [3.63, 3.8) is 0 Å². The van der Waals surface area contributed by atoms with Crippen molar-refractivity contribution >= 4 is 21.6 Å². The van der Waals surface area contributed by atoms with E-state index >= 15 is 0 Å². The van der Waals surface area contributed by atoms with E-state index in [1.54, 1.807) is 12.1 Å². The van der Waals surface area contributed by atoms with E-state index in [1.807, 2.05) is 19.1 Å². The number of halogens is 1. The van der Waals surface area contributed by atoms with Crippen molar-refractivity contribution in [3.05, 3.63) is 29.8 Å². The smallest absolute Gasteiger partial charge is 0.207 e. The molecule has 5 heteroatoms. The first-order valence-electron chi connectivity index (χ1n) is 6.20. The molecule has 0 aromatic heterocycles. The summed E-state index contributed by atoms with van der Waals surface area (Å²) in [5.74, 6) is 0.281. The highest BCUT2D eigenvalue weighted by Gasteiger charge is 2.18. The molecule has 3 nitrogen and oxygen atoms in total. The van der Waals surface area contributed by atoms with Gasteiger partial charge in [0.25, 0.3) is 0 Å². The molecule has 0 saturated heterocycles. The third-order valence-electron chi connectivity index (χ3n) is 2.77. The average Bonchev–Trinajstić information content (AvgIpc) is 2.37. The molecule has 18 heavy (non-hydrogen) atoms. The maximum absolute atomic E-state index is 12.1. The van der Waals surface area contributed by atoms with E-state index in [4.69, 9.17) is 11.6 Å². The molecule has 0 aliphatic rings. The zero-order chi connectivity index (χ0) is 13.6. The van der Waals surface area contributed by atoms with Gasteiger partial charge in [-0.3, -0.25) is 0 Å². The first kappa shape index (κ1) is 15.5. The van der Waals surface area contributed by atoms with Crippen LogP contribution in [0, 0.1) is 0 Å². The molecule has 1 N–H and O–H groups in total. The quantitative estimate of drug-likeness (QED) is 0.785. The lowest BCUT2D eigenvalue weighted by Crippen LogP contribution is -2.35. The molecule has 0 aliphatic carbocycles. The number of sulfonamides is 1. The molecular formula is C13H20ClNO2S. The molecule has 0 fully saturated rings. The van der Waals surface area contributed by atoms with Gasteiger partial charge in [-0.2, -0.15) is 0 Å². The second-order valence-electron chi connectivity index (χ2n) is 4.27. The van der Waals surface area contributed by atoms with Crippen molar-refractivity contribution < 1.29 is 8.42 Å². The first-order valence-corrected chi connectivity index (χ1v) is 8.22. The topological polar surface area (TPSA) is 46.2 Å². The van der Waals surface area contributed by atoms with Crippen molar-refractivity contribution in [2.24, 2.45) is 0 Å². The van der Waals surface area contributed by atoms with Gasteiger partial charge in [0.2, 0.25) is 10.0 Å². The standard InChI is InChI=1S/C13H20ClNO2S/c1-3-5-11-6-8-13(9-7-11)18(16,17)15-12(4-2)10-14/h6-9,12,15H,3-5,10H2,1-2H3. The summed E-state index contributed by atoms with van der Waals surface area (Å²) in [5.41, 5.74) is 1.15. The molecule has 1 unspecified atom stereocenters. The van der Waals surface area contributed by atoms with E-state index in [9.17, 15) is 8.42 Å². The third kappa shape index (κ3) is 4.26. The summed E-state index contributed by atoms with van der Waals surface area (Å²) in [5, 5.41) is 0. The fourth-order valence-corrected chi connectivity index (χ4v) is 3.34. The normalized spacial score (nSPS) is 13.5. The Bertz CT molecular complexity index is 452. The van der Waals surface area contributed by atoms with Crippen molar-refractivity contribution in [1.29, 1.82) is 0 Å². The highest BCUT2D eigenvalue weighted by molar-refractivity contribution is 7.89. The van der Waals surface area contributed by atoms with E-state index in [0.717, 1.165) is 18.4 Å². The van der Waals surface area contributed by atoms with Gasteiger partial charge in [0.1, 0.15) is 0 Å². The van der Waals surface area contributed by atoms with Crippen LogP contribution in [0.5, 0.6) is 0 Å². The maximum atomic E-state index is 12.1. The third-order valence-corrected chi connectivity index (χ3v) is 4.68.